The number of hydrogen-bond acceptors (Lipinski definition) is 2. The molecular weight excluding hydrogens is 196 g/mol. The summed E-state index contributed by atoms with van der Waals surface area (Å²) in [7, 11) is 0. The van der Waals surface area contributed by atoms with Gasteiger partial charge in [-0.1, -0.05) is 19.3 Å². The van der Waals surface area contributed by atoms with E-state index in [1.165, 1.54) is 58.2 Å². The largest absolute Gasteiger partial charge is 0.310 e. The molecule has 0 spiro atoms. The Balaban J connectivity index is 2.06. The van der Waals surface area contributed by atoms with Gasteiger partial charge in [-0.05, 0) is 53.1 Å². The fourth-order valence-corrected chi connectivity index (χ4v) is 3.40. The Morgan fingerprint density at radius 3 is 2.31 bits per heavy atom. The fraction of sp³-hybridized carbons (Fsp3) is 1.00. The van der Waals surface area contributed by atoms with Crippen LogP contribution in [0, 0.1) is 0 Å². The average Bonchev–Trinajstić information content (AvgIpc) is 2.41. The third-order valence-electron chi connectivity index (χ3n) is 4.49. The Hall–Kier alpha value is -0.0800. The van der Waals surface area contributed by atoms with Gasteiger partial charge in [-0.3, -0.25) is 4.90 Å². The van der Waals surface area contributed by atoms with Crippen molar-refractivity contribution < 1.29 is 0 Å². The number of rotatable bonds is 1. The first-order chi connectivity index (χ1) is 7.52. The molecule has 16 heavy (non-hydrogen) atoms. The van der Waals surface area contributed by atoms with Crippen LogP contribution < -0.4 is 5.32 Å². The van der Waals surface area contributed by atoms with Gasteiger partial charge in [0.25, 0.3) is 0 Å². The molecule has 1 aliphatic carbocycles. The highest BCUT2D eigenvalue weighted by Gasteiger charge is 2.36. The summed E-state index contributed by atoms with van der Waals surface area (Å²) in [5.74, 6) is 0. The third-order valence-corrected chi connectivity index (χ3v) is 4.49. The van der Waals surface area contributed by atoms with Gasteiger partial charge in [-0.25, -0.2) is 0 Å². The molecule has 1 saturated carbocycles. The fourth-order valence-electron chi connectivity index (χ4n) is 3.40. The zero-order chi connectivity index (χ0) is 11.6. The number of nitrogens with one attached hydrogen (secondary N) is 1. The van der Waals surface area contributed by atoms with E-state index in [9.17, 15) is 0 Å². The van der Waals surface area contributed by atoms with E-state index in [1.54, 1.807) is 0 Å². The molecule has 0 aromatic heterocycles. The second-order valence-electron chi connectivity index (χ2n) is 6.64. The van der Waals surface area contributed by atoms with Crippen LogP contribution in [0.1, 0.15) is 59.3 Å². The molecular formula is C14H28N2. The molecule has 2 aliphatic rings. The first-order valence-electron chi connectivity index (χ1n) is 7.02. The van der Waals surface area contributed by atoms with Crippen molar-refractivity contribution in [3.8, 4) is 0 Å². The predicted octanol–water partition coefficient (Wildman–Crippen LogP) is 2.78. The first-order valence-corrected chi connectivity index (χ1v) is 7.02. The summed E-state index contributed by atoms with van der Waals surface area (Å²) in [4.78, 5) is 2.77. The highest BCUT2D eigenvalue weighted by molar-refractivity contribution is 4.95. The van der Waals surface area contributed by atoms with Gasteiger partial charge in [-0.2, -0.15) is 0 Å². The normalized spacial score (nSPS) is 30.9. The Bertz CT molecular complexity index is 229. The van der Waals surface area contributed by atoms with Crippen molar-refractivity contribution in [1.29, 1.82) is 0 Å². The molecule has 2 rings (SSSR count). The molecule has 1 N–H and O–H groups in total. The van der Waals surface area contributed by atoms with Gasteiger partial charge < -0.3 is 5.32 Å². The Morgan fingerprint density at radius 1 is 0.938 bits per heavy atom. The summed E-state index contributed by atoms with van der Waals surface area (Å²) in [6.07, 6.45) is 8.43. The quantitative estimate of drug-likeness (QED) is 0.737. The lowest BCUT2D eigenvalue weighted by Gasteiger charge is -2.46. The van der Waals surface area contributed by atoms with Crippen LogP contribution in [0.5, 0.6) is 0 Å². The smallest absolute Gasteiger partial charge is 0.0252 e. The zero-order valence-corrected chi connectivity index (χ0v) is 11.3. The van der Waals surface area contributed by atoms with Crippen molar-refractivity contribution in [2.45, 2.75) is 70.4 Å². The lowest BCUT2D eigenvalue weighted by Crippen LogP contribution is -2.54. The van der Waals surface area contributed by atoms with E-state index >= 15 is 0 Å². The molecule has 1 heterocycles. The van der Waals surface area contributed by atoms with Crippen LogP contribution in [0.25, 0.3) is 0 Å². The van der Waals surface area contributed by atoms with Crippen molar-refractivity contribution >= 4 is 0 Å². The number of hydrogen-bond donors (Lipinski definition) is 1. The standard InChI is InChI=1S/C14H28N2/c1-13(2)12-16(11-7-10-15-13)14(3)8-5-4-6-9-14/h15H,4-12H2,1-3H3. The highest BCUT2D eigenvalue weighted by Crippen LogP contribution is 2.34. The van der Waals surface area contributed by atoms with Crippen LogP contribution in [0.15, 0.2) is 0 Å². The van der Waals surface area contributed by atoms with Crippen molar-refractivity contribution in [1.82, 2.24) is 10.2 Å². The summed E-state index contributed by atoms with van der Waals surface area (Å²) >= 11 is 0. The van der Waals surface area contributed by atoms with Crippen LogP contribution in [0.3, 0.4) is 0 Å². The summed E-state index contributed by atoms with van der Waals surface area (Å²) < 4.78 is 0. The molecule has 94 valence electrons. The Kier molecular flexibility index (Phi) is 3.60. The lowest BCUT2D eigenvalue weighted by molar-refractivity contribution is 0.0539. The van der Waals surface area contributed by atoms with E-state index in [0.29, 0.717) is 5.54 Å². The van der Waals surface area contributed by atoms with Crippen LogP contribution in [-0.2, 0) is 0 Å². The zero-order valence-electron chi connectivity index (χ0n) is 11.3. The molecule has 0 aromatic carbocycles. The van der Waals surface area contributed by atoms with E-state index in [-0.39, 0.29) is 5.54 Å². The Morgan fingerprint density at radius 2 is 1.62 bits per heavy atom. The van der Waals surface area contributed by atoms with E-state index in [0.717, 1.165) is 0 Å². The maximum atomic E-state index is 3.67. The van der Waals surface area contributed by atoms with E-state index in [2.05, 4.69) is 31.0 Å². The van der Waals surface area contributed by atoms with E-state index in [4.69, 9.17) is 0 Å². The van der Waals surface area contributed by atoms with Gasteiger partial charge in [-0.15, -0.1) is 0 Å². The van der Waals surface area contributed by atoms with Gasteiger partial charge in [0.15, 0.2) is 0 Å². The third kappa shape index (κ3) is 2.78. The topological polar surface area (TPSA) is 15.3 Å². The molecule has 0 amide bonds. The molecule has 0 unspecified atom stereocenters. The molecule has 1 saturated heterocycles. The minimum absolute atomic E-state index is 0.289. The van der Waals surface area contributed by atoms with Crippen molar-refractivity contribution in [3.05, 3.63) is 0 Å². The minimum atomic E-state index is 0.289. The lowest BCUT2D eigenvalue weighted by atomic mass is 9.81. The van der Waals surface area contributed by atoms with Crippen LogP contribution in [-0.4, -0.2) is 35.6 Å². The van der Waals surface area contributed by atoms with Crippen LogP contribution >= 0.6 is 0 Å². The second kappa shape index (κ2) is 4.66. The van der Waals surface area contributed by atoms with E-state index in [1.807, 2.05) is 0 Å². The molecule has 0 bridgehead atoms. The number of nitrogens with zero attached hydrogens (tertiary/aromatic N) is 1. The first kappa shape index (κ1) is 12.4. The molecule has 2 nitrogen and oxygen atoms in total. The molecule has 2 heteroatoms. The monoisotopic (exact) mass is 224 g/mol. The molecule has 2 fully saturated rings. The molecule has 0 atom stereocenters. The minimum Gasteiger partial charge on any atom is -0.310 e. The Labute approximate surface area is 101 Å². The van der Waals surface area contributed by atoms with Crippen LogP contribution in [0.2, 0.25) is 0 Å². The molecule has 0 radical (unpaired) electrons. The summed E-state index contributed by atoms with van der Waals surface area (Å²) in [5, 5.41) is 3.67. The van der Waals surface area contributed by atoms with Gasteiger partial charge in [0.05, 0.1) is 0 Å². The summed E-state index contributed by atoms with van der Waals surface area (Å²) in [5.41, 5.74) is 0.776. The van der Waals surface area contributed by atoms with E-state index < -0.39 is 0 Å². The molecule has 1 aliphatic heterocycles. The van der Waals surface area contributed by atoms with Gasteiger partial charge in [0.1, 0.15) is 0 Å². The van der Waals surface area contributed by atoms with Gasteiger partial charge in [0, 0.05) is 17.6 Å². The maximum Gasteiger partial charge on any atom is 0.0252 e. The summed E-state index contributed by atoms with van der Waals surface area (Å²) in [6.45, 7) is 10.9. The van der Waals surface area contributed by atoms with Crippen LogP contribution in [0.4, 0.5) is 0 Å². The average molecular weight is 224 g/mol. The predicted molar refractivity (Wildman–Crippen MR) is 69.8 cm³/mol. The maximum absolute atomic E-state index is 3.67. The second-order valence-corrected chi connectivity index (χ2v) is 6.64. The van der Waals surface area contributed by atoms with Crippen molar-refractivity contribution in [2.24, 2.45) is 0 Å². The van der Waals surface area contributed by atoms with Gasteiger partial charge in [0.2, 0.25) is 0 Å². The SMILES string of the molecule is CC1(C)CN(C2(C)CCCCC2)CCCN1. The van der Waals surface area contributed by atoms with Crippen molar-refractivity contribution in [2.75, 3.05) is 19.6 Å². The summed E-state index contributed by atoms with van der Waals surface area (Å²) in [6, 6.07) is 0. The highest BCUT2D eigenvalue weighted by atomic mass is 15.2. The molecule has 0 aromatic rings. The van der Waals surface area contributed by atoms with Crippen molar-refractivity contribution in [3.63, 3.8) is 0 Å². The van der Waals surface area contributed by atoms with Gasteiger partial charge >= 0.3 is 0 Å².